The van der Waals surface area contributed by atoms with E-state index in [-0.39, 0.29) is 23.7 Å². The fraction of sp³-hybridized carbons (Fsp3) is 0.333. The average Bonchev–Trinajstić information content (AvgIpc) is 3.14. The predicted molar refractivity (Wildman–Crippen MR) is 98.5 cm³/mol. The predicted octanol–water partition coefficient (Wildman–Crippen LogP) is 3.75. The Morgan fingerprint density at radius 3 is 2.96 bits per heavy atom. The van der Waals surface area contributed by atoms with Crippen LogP contribution < -0.4 is 10.6 Å². The molecule has 2 heterocycles. The molecule has 4 nitrogen and oxygen atoms in total. The van der Waals surface area contributed by atoms with Gasteiger partial charge < -0.3 is 10.6 Å². The number of rotatable bonds is 6. The Kier molecular flexibility index (Phi) is 6.09. The maximum absolute atomic E-state index is 13.5. The molecule has 2 amide bonds. The summed E-state index contributed by atoms with van der Waals surface area (Å²) in [6.07, 6.45) is 1.69. The lowest BCUT2D eigenvalue weighted by molar-refractivity contribution is -0.122. The van der Waals surface area contributed by atoms with Gasteiger partial charge in [0.05, 0.1) is 6.04 Å². The summed E-state index contributed by atoms with van der Waals surface area (Å²) < 4.78 is 13.5. The number of thioether (sulfide) groups is 1. The summed E-state index contributed by atoms with van der Waals surface area (Å²) >= 11 is 3.16. The molecular formula is C18H19FN2O2S2. The number of thiophene rings is 1. The van der Waals surface area contributed by atoms with Crippen molar-refractivity contribution in [2.75, 3.05) is 12.3 Å². The van der Waals surface area contributed by atoms with E-state index in [0.717, 1.165) is 22.6 Å². The molecule has 7 heteroatoms. The summed E-state index contributed by atoms with van der Waals surface area (Å²) in [7, 11) is 0. The van der Waals surface area contributed by atoms with Crippen LogP contribution in [-0.4, -0.2) is 24.1 Å². The van der Waals surface area contributed by atoms with Gasteiger partial charge in [0.2, 0.25) is 5.91 Å². The molecule has 0 fully saturated rings. The van der Waals surface area contributed by atoms with E-state index < -0.39 is 0 Å². The van der Waals surface area contributed by atoms with Crippen molar-refractivity contribution < 1.29 is 14.0 Å². The highest BCUT2D eigenvalue weighted by Gasteiger charge is 2.22. The maximum Gasteiger partial charge on any atom is 0.252 e. The number of hydrogen-bond donors (Lipinski definition) is 2. The number of halogens is 1. The van der Waals surface area contributed by atoms with Crippen molar-refractivity contribution in [1.29, 1.82) is 0 Å². The van der Waals surface area contributed by atoms with Gasteiger partial charge in [-0.15, -0.1) is 11.8 Å². The summed E-state index contributed by atoms with van der Waals surface area (Å²) in [5.74, 6) is 0.434. The molecule has 2 aromatic rings. The molecule has 25 heavy (non-hydrogen) atoms. The highest BCUT2D eigenvalue weighted by atomic mass is 32.2. The van der Waals surface area contributed by atoms with Gasteiger partial charge in [-0.3, -0.25) is 9.59 Å². The fourth-order valence-corrected chi connectivity index (χ4v) is 4.47. The summed E-state index contributed by atoms with van der Waals surface area (Å²) in [5, 5.41) is 9.43. The number of carbonyl (C=O) groups is 2. The Labute approximate surface area is 154 Å². The Bertz CT molecular complexity index is 750. The molecule has 1 unspecified atom stereocenters. The van der Waals surface area contributed by atoms with Gasteiger partial charge in [-0.25, -0.2) is 4.39 Å². The van der Waals surface area contributed by atoms with Crippen LogP contribution in [0.5, 0.6) is 0 Å². The van der Waals surface area contributed by atoms with E-state index in [1.54, 1.807) is 29.3 Å². The second kappa shape index (κ2) is 8.49. The van der Waals surface area contributed by atoms with Gasteiger partial charge in [-0.05, 0) is 48.1 Å². The summed E-state index contributed by atoms with van der Waals surface area (Å²) in [6.45, 7) is 0.452. The van der Waals surface area contributed by atoms with E-state index in [2.05, 4.69) is 10.6 Å². The van der Waals surface area contributed by atoms with E-state index in [4.69, 9.17) is 0 Å². The molecule has 1 aromatic carbocycles. The third-order valence-electron chi connectivity index (χ3n) is 4.00. The molecule has 3 rings (SSSR count). The lowest BCUT2D eigenvalue weighted by Gasteiger charge is -2.26. The first-order valence-electron chi connectivity index (χ1n) is 8.15. The van der Waals surface area contributed by atoms with Gasteiger partial charge in [0.25, 0.3) is 5.91 Å². The highest BCUT2D eigenvalue weighted by Crippen LogP contribution is 2.36. The standard InChI is InChI=1S/C18H19FN2O2S2/c19-13-3-4-16-14(10-13)15(6-9-25-16)21-17(22)2-1-7-20-18(23)12-5-8-24-11-12/h3-5,8,10-11,15H,1-2,6-7,9H2,(H,20,23)(H,21,22). The molecule has 0 bridgehead atoms. The molecule has 2 N–H and O–H groups in total. The van der Waals surface area contributed by atoms with Crippen molar-refractivity contribution >= 4 is 34.9 Å². The van der Waals surface area contributed by atoms with Crippen LogP contribution in [0.1, 0.15) is 41.2 Å². The quantitative estimate of drug-likeness (QED) is 0.753. The molecule has 0 saturated carbocycles. The first-order chi connectivity index (χ1) is 12.1. The third kappa shape index (κ3) is 4.83. The number of benzene rings is 1. The van der Waals surface area contributed by atoms with Crippen molar-refractivity contribution in [2.24, 2.45) is 0 Å². The minimum Gasteiger partial charge on any atom is -0.352 e. The van der Waals surface area contributed by atoms with Crippen LogP contribution in [0.25, 0.3) is 0 Å². The zero-order chi connectivity index (χ0) is 17.6. The average molecular weight is 378 g/mol. The zero-order valence-corrected chi connectivity index (χ0v) is 15.2. The maximum atomic E-state index is 13.5. The number of nitrogens with one attached hydrogen (secondary N) is 2. The second-order valence-electron chi connectivity index (χ2n) is 5.81. The minimum atomic E-state index is -0.281. The van der Waals surface area contributed by atoms with Crippen molar-refractivity contribution in [3.8, 4) is 0 Å². The smallest absolute Gasteiger partial charge is 0.252 e. The molecule has 0 saturated heterocycles. The van der Waals surface area contributed by atoms with Crippen molar-refractivity contribution in [3.63, 3.8) is 0 Å². The van der Waals surface area contributed by atoms with Gasteiger partial charge in [0, 0.05) is 34.6 Å². The molecule has 0 radical (unpaired) electrons. The van der Waals surface area contributed by atoms with Crippen molar-refractivity contribution in [1.82, 2.24) is 10.6 Å². The molecule has 0 spiro atoms. The van der Waals surface area contributed by atoms with Crippen LogP contribution in [0.15, 0.2) is 39.9 Å². The van der Waals surface area contributed by atoms with Gasteiger partial charge in [-0.2, -0.15) is 11.3 Å². The molecule has 132 valence electrons. The van der Waals surface area contributed by atoms with Gasteiger partial charge in [0.15, 0.2) is 0 Å². The summed E-state index contributed by atoms with van der Waals surface area (Å²) in [6, 6.07) is 6.36. The van der Waals surface area contributed by atoms with Gasteiger partial charge in [-0.1, -0.05) is 0 Å². The Balaban J connectivity index is 1.44. The molecule has 1 aliphatic rings. The van der Waals surface area contributed by atoms with E-state index in [9.17, 15) is 14.0 Å². The molecule has 1 atom stereocenters. The van der Waals surface area contributed by atoms with Gasteiger partial charge in [0.1, 0.15) is 5.82 Å². The Morgan fingerprint density at radius 1 is 1.28 bits per heavy atom. The first kappa shape index (κ1) is 17.9. The fourth-order valence-electron chi connectivity index (χ4n) is 2.73. The topological polar surface area (TPSA) is 58.2 Å². The number of carbonyl (C=O) groups excluding carboxylic acids is 2. The number of amides is 2. The number of hydrogen-bond acceptors (Lipinski definition) is 4. The van der Waals surface area contributed by atoms with E-state index in [0.29, 0.717) is 24.9 Å². The highest BCUT2D eigenvalue weighted by molar-refractivity contribution is 7.99. The second-order valence-corrected chi connectivity index (χ2v) is 7.73. The Hall–Kier alpha value is -1.86. The van der Waals surface area contributed by atoms with E-state index in [1.165, 1.54) is 23.5 Å². The van der Waals surface area contributed by atoms with Crippen LogP contribution >= 0.6 is 23.1 Å². The van der Waals surface area contributed by atoms with Crippen LogP contribution in [0.3, 0.4) is 0 Å². The monoisotopic (exact) mass is 378 g/mol. The Morgan fingerprint density at radius 2 is 2.16 bits per heavy atom. The molecule has 0 aliphatic carbocycles. The zero-order valence-electron chi connectivity index (χ0n) is 13.6. The van der Waals surface area contributed by atoms with Crippen LogP contribution in [0.2, 0.25) is 0 Å². The largest absolute Gasteiger partial charge is 0.352 e. The summed E-state index contributed by atoms with van der Waals surface area (Å²) in [5.41, 5.74) is 1.50. The minimum absolute atomic E-state index is 0.0723. The van der Waals surface area contributed by atoms with Crippen molar-refractivity contribution in [3.05, 3.63) is 52.0 Å². The SMILES string of the molecule is O=C(CCCNC(=O)c1ccsc1)NC1CCSc2ccc(F)cc21. The normalized spacial score (nSPS) is 16.1. The lowest BCUT2D eigenvalue weighted by atomic mass is 10.0. The first-order valence-corrected chi connectivity index (χ1v) is 10.1. The van der Waals surface area contributed by atoms with Crippen LogP contribution in [0, 0.1) is 5.82 Å². The lowest BCUT2D eigenvalue weighted by Crippen LogP contribution is -2.31. The van der Waals surface area contributed by atoms with E-state index in [1.807, 2.05) is 5.38 Å². The molecule has 1 aromatic heterocycles. The van der Waals surface area contributed by atoms with Crippen LogP contribution in [0.4, 0.5) is 4.39 Å². The molecular weight excluding hydrogens is 359 g/mol. The number of fused-ring (bicyclic) bond motifs is 1. The van der Waals surface area contributed by atoms with Gasteiger partial charge >= 0.3 is 0 Å². The molecule has 1 aliphatic heterocycles. The van der Waals surface area contributed by atoms with Crippen molar-refractivity contribution in [2.45, 2.75) is 30.2 Å². The third-order valence-corrected chi connectivity index (χ3v) is 5.80. The van der Waals surface area contributed by atoms with E-state index >= 15 is 0 Å². The van der Waals surface area contributed by atoms with Crippen LogP contribution in [-0.2, 0) is 4.79 Å². The summed E-state index contributed by atoms with van der Waals surface area (Å²) in [4.78, 5) is 25.0.